The smallest absolute Gasteiger partial charge is 0.319 e. The molecule has 0 radical (unpaired) electrons. The highest BCUT2D eigenvalue weighted by molar-refractivity contribution is 6.05. The molecule has 0 aliphatic heterocycles. The van der Waals surface area contributed by atoms with Crippen LogP contribution in [0.1, 0.15) is 32.1 Å². The average Bonchev–Trinajstić information content (AvgIpc) is 2.67. The van der Waals surface area contributed by atoms with Crippen molar-refractivity contribution in [2.24, 2.45) is 5.41 Å². The molecule has 1 aliphatic carbocycles. The number of ketones is 1. The van der Waals surface area contributed by atoms with Crippen LogP contribution < -0.4 is 0 Å². The Morgan fingerprint density at radius 2 is 2.00 bits per heavy atom. The van der Waals surface area contributed by atoms with Crippen molar-refractivity contribution in [1.29, 1.82) is 0 Å². The van der Waals surface area contributed by atoms with E-state index >= 15 is 0 Å². The van der Waals surface area contributed by atoms with E-state index in [9.17, 15) is 14.4 Å². The highest BCUT2D eigenvalue weighted by Gasteiger charge is 2.49. The third-order valence-electron chi connectivity index (χ3n) is 3.10. The summed E-state index contributed by atoms with van der Waals surface area (Å²) in [5.74, 6) is -1.06. The second-order valence-corrected chi connectivity index (χ2v) is 3.93. The van der Waals surface area contributed by atoms with Crippen molar-refractivity contribution in [1.82, 2.24) is 0 Å². The molecule has 0 aromatic rings. The molecule has 0 spiro atoms. The fraction of sp³-hybridized carbons (Fsp3) is 0.727. The lowest BCUT2D eigenvalue weighted by atomic mass is 9.80. The predicted molar refractivity (Wildman–Crippen MR) is 54.6 cm³/mol. The molecule has 90 valence electrons. The number of methoxy groups -OCH3 is 2. The van der Waals surface area contributed by atoms with Gasteiger partial charge in [-0.25, -0.2) is 0 Å². The van der Waals surface area contributed by atoms with Crippen molar-refractivity contribution < 1.29 is 23.9 Å². The third-order valence-corrected chi connectivity index (χ3v) is 3.10. The Morgan fingerprint density at radius 1 is 1.31 bits per heavy atom. The summed E-state index contributed by atoms with van der Waals surface area (Å²) in [6.45, 7) is 0. The van der Waals surface area contributed by atoms with Gasteiger partial charge in [0.1, 0.15) is 11.2 Å². The molecule has 0 saturated heterocycles. The Labute approximate surface area is 94.1 Å². The minimum Gasteiger partial charge on any atom is -0.469 e. The number of rotatable bonds is 4. The lowest BCUT2D eigenvalue weighted by Crippen LogP contribution is -2.36. The van der Waals surface area contributed by atoms with E-state index in [0.717, 1.165) is 0 Å². The third kappa shape index (κ3) is 2.23. The van der Waals surface area contributed by atoms with Gasteiger partial charge in [0.05, 0.1) is 14.2 Å². The first-order chi connectivity index (χ1) is 7.56. The summed E-state index contributed by atoms with van der Waals surface area (Å²) in [5.41, 5.74) is -1.11. The van der Waals surface area contributed by atoms with Gasteiger partial charge in [0.2, 0.25) is 0 Å². The van der Waals surface area contributed by atoms with Crippen LogP contribution in [0.2, 0.25) is 0 Å². The van der Waals surface area contributed by atoms with Crippen LogP contribution in [0.15, 0.2) is 0 Å². The molecular weight excluding hydrogens is 212 g/mol. The minimum absolute atomic E-state index is 0.0668. The molecular formula is C11H16O5. The van der Waals surface area contributed by atoms with E-state index in [-0.39, 0.29) is 18.6 Å². The van der Waals surface area contributed by atoms with Gasteiger partial charge in [-0.05, 0) is 19.3 Å². The van der Waals surface area contributed by atoms with E-state index in [4.69, 9.17) is 0 Å². The summed E-state index contributed by atoms with van der Waals surface area (Å²) in [5, 5.41) is 0. The van der Waals surface area contributed by atoms with Crippen molar-refractivity contribution in [2.45, 2.75) is 32.1 Å². The summed E-state index contributed by atoms with van der Waals surface area (Å²) in [6.07, 6.45) is 1.78. The largest absolute Gasteiger partial charge is 0.469 e. The first-order valence-electron chi connectivity index (χ1n) is 5.25. The molecule has 5 nitrogen and oxygen atoms in total. The average molecular weight is 228 g/mol. The Morgan fingerprint density at radius 3 is 2.44 bits per heavy atom. The second kappa shape index (κ2) is 5.09. The SMILES string of the molecule is COC(=O)CC[C@]1(C(=O)OC)CCCC1=O. The molecule has 0 aromatic carbocycles. The van der Waals surface area contributed by atoms with Gasteiger partial charge in [-0.15, -0.1) is 0 Å². The Bertz CT molecular complexity index is 309. The summed E-state index contributed by atoms with van der Waals surface area (Å²) in [6, 6.07) is 0. The lowest BCUT2D eigenvalue weighted by Gasteiger charge is -2.23. The van der Waals surface area contributed by atoms with Gasteiger partial charge in [0.25, 0.3) is 0 Å². The van der Waals surface area contributed by atoms with Gasteiger partial charge in [-0.1, -0.05) is 0 Å². The van der Waals surface area contributed by atoms with E-state index in [0.29, 0.717) is 19.3 Å². The maximum absolute atomic E-state index is 11.7. The van der Waals surface area contributed by atoms with Crippen LogP contribution in [0.5, 0.6) is 0 Å². The van der Waals surface area contributed by atoms with Crippen LogP contribution in [-0.4, -0.2) is 31.9 Å². The molecule has 0 heterocycles. The molecule has 1 fully saturated rings. The van der Waals surface area contributed by atoms with Crippen LogP contribution in [0.3, 0.4) is 0 Å². The van der Waals surface area contributed by atoms with E-state index in [2.05, 4.69) is 9.47 Å². The Hall–Kier alpha value is -1.39. The monoisotopic (exact) mass is 228 g/mol. The van der Waals surface area contributed by atoms with Gasteiger partial charge in [-0.2, -0.15) is 0 Å². The quantitative estimate of drug-likeness (QED) is 0.527. The molecule has 1 aliphatic rings. The molecule has 1 saturated carbocycles. The number of hydrogen-bond donors (Lipinski definition) is 0. The fourth-order valence-corrected chi connectivity index (χ4v) is 2.12. The molecule has 0 aromatic heterocycles. The highest BCUT2D eigenvalue weighted by atomic mass is 16.5. The van der Waals surface area contributed by atoms with Crippen molar-refractivity contribution in [3.8, 4) is 0 Å². The predicted octanol–water partition coefficient (Wildman–Crippen LogP) is 0.852. The van der Waals surface area contributed by atoms with Crippen molar-refractivity contribution in [3.63, 3.8) is 0 Å². The maximum Gasteiger partial charge on any atom is 0.319 e. The van der Waals surface area contributed by atoms with Crippen molar-refractivity contribution in [3.05, 3.63) is 0 Å². The number of carbonyl (C=O) groups is 3. The van der Waals surface area contributed by atoms with E-state index < -0.39 is 17.4 Å². The van der Waals surface area contributed by atoms with Crippen LogP contribution in [0, 0.1) is 5.41 Å². The highest BCUT2D eigenvalue weighted by Crippen LogP contribution is 2.40. The molecule has 5 heteroatoms. The standard InChI is InChI=1S/C11H16O5/c1-15-9(13)5-7-11(10(14)16-2)6-3-4-8(11)12/h3-7H2,1-2H3/t11-/m1/s1. The van der Waals surface area contributed by atoms with Gasteiger partial charge >= 0.3 is 11.9 Å². The van der Waals surface area contributed by atoms with Gasteiger partial charge < -0.3 is 9.47 Å². The van der Waals surface area contributed by atoms with Gasteiger partial charge in [-0.3, -0.25) is 14.4 Å². The van der Waals surface area contributed by atoms with Crippen LogP contribution in [-0.2, 0) is 23.9 Å². The lowest BCUT2D eigenvalue weighted by molar-refractivity contribution is -0.157. The van der Waals surface area contributed by atoms with E-state index in [1.165, 1.54) is 14.2 Å². The Balaban J connectivity index is 2.76. The molecule has 1 atom stereocenters. The first kappa shape index (κ1) is 12.7. The number of carbonyl (C=O) groups excluding carboxylic acids is 3. The second-order valence-electron chi connectivity index (χ2n) is 3.93. The van der Waals surface area contributed by atoms with Crippen molar-refractivity contribution >= 4 is 17.7 Å². The topological polar surface area (TPSA) is 69.7 Å². The zero-order chi connectivity index (χ0) is 12.2. The number of ether oxygens (including phenoxy) is 2. The summed E-state index contributed by atoms with van der Waals surface area (Å²) in [4.78, 5) is 34.4. The number of Topliss-reactive ketones (excluding diaryl/α,β-unsaturated/α-hetero) is 1. The molecule has 0 bridgehead atoms. The normalized spacial score (nSPS) is 24.2. The van der Waals surface area contributed by atoms with E-state index in [1.54, 1.807) is 0 Å². The number of esters is 2. The van der Waals surface area contributed by atoms with Crippen LogP contribution in [0.4, 0.5) is 0 Å². The van der Waals surface area contributed by atoms with E-state index in [1.807, 2.05) is 0 Å². The molecule has 0 unspecified atom stereocenters. The molecule has 0 amide bonds. The summed E-state index contributed by atoms with van der Waals surface area (Å²) >= 11 is 0. The maximum atomic E-state index is 11.7. The summed E-state index contributed by atoms with van der Waals surface area (Å²) < 4.78 is 9.16. The zero-order valence-electron chi connectivity index (χ0n) is 9.58. The molecule has 1 rings (SSSR count). The van der Waals surface area contributed by atoms with Gasteiger partial charge in [0.15, 0.2) is 0 Å². The molecule has 0 N–H and O–H groups in total. The zero-order valence-corrected chi connectivity index (χ0v) is 9.58. The van der Waals surface area contributed by atoms with Crippen LogP contribution in [0.25, 0.3) is 0 Å². The Kier molecular flexibility index (Phi) is 4.04. The molecule has 16 heavy (non-hydrogen) atoms. The fourth-order valence-electron chi connectivity index (χ4n) is 2.12. The van der Waals surface area contributed by atoms with Gasteiger partial charge in [0, 0.05) is 12.8 Å². The minimum atomic E-state index is -1.11. The van der Waals surface area contributed by atoms with Crippen LogP contribution >= 0.6 is 0 Å². The summed E-state index contributed by atoms with van der Waals surface area (Å²) in [7, 11) is 2.54. The first-order valence-corrected chi connectivity index (χ1v) is 5.25. The number of hydrogen-bond acceptors (Lipinski definition) is 5. The van der Waals surface area contributed by atoms with Crippen molar-refractivity contribution in [2.75, 3.05) is 14.2 Å².